The first kappa shape index (κ1) is 13.2. The molecule has 0 spiro atoms. The fourth-order valence-corrected chi connectivity index (χ4v) is 4.05. The Morgan fingerprint density at radius 1 is 1.08 bits per heavy atom. The van der Waals surface area contributed by atoms with E-state index in [9.17, 15) is 0 Å². The van der Waals surface area contributed by atoms with E-state index in [0.717, 1.165) is 0 Å². The smallest absolute Gasteiger partial charge is 0.116 e. The molecule has 0 unspecified atom stereocenters. The minimum absolute atomic E-state index is 0.347. The van der Waals surface area contributed by atoms with Crippen molar-refractivity contribution in [1.82, 2.24) is 4.98 Å². The van der Waals surface area contributed by atoms with Crippen LogP contribution in [0.4, 0.5) is 0 Å². The summed E-state index contributed by atoms with van der Waals surface area (Å²) in [7, 11) is -1.10. The Morgan fingerprint density at radius 3 is 2.00 bits per heavy atom. The molecule has 0 heterocycles. The van der Waals surface area contributed by atoms with Crippen LogP contribution in [0.25, 0.3) is 0 Å². The molecule has 2 heteroatoms. The molecule has 0 atom stereocenters. The summed E-state index contributed by atoms with van der Waals surface area (Å²) in [5.74, 6) is 0. The van der Waals surface area contributed by atoms with Crippen molar-refractivity contribution in [3.8, 4) is 0 Å². The normalized spacial score (nSPS) is 13.4. The molecule has 1 N–H and O–H groups in total. The van der Waals surface area contributed by atoms with Gasteiger partial charge in [-0.1, -0.05) is 45.8 Å². The van der Waals surface area contributed by atoms with Crippen LogP contribution in [-0.2, 0) is 0 Å². The Morgan fingerprint density at radius 2 is 1.62 bits per heavy atom. The van der Waals surface area contributed by atoms with Crippen molar-refractivity contribution in [2.45, 2.75) is 71.6 Å². The lowest BCUT2D eigenvalue weighted by Gasteiger charge is -2.34. The maximum Gasteiger partial charge on any atom is 0.116 e. The second kappa shape index (κ2) is 5.16. The predicted octanol–water partition coefficient (Wildman–Crippen LogP) is 3.77. The molecule has 1 nitrogen and oxygen atoms in total. The van der Waals surface area contributed by atoms with Crippen LogP contribution in [0.3, 0.4) is 0 Å². The van der Waals surface area contributed by atoms with Crippen LogP contribution in [0.2, 0.25) is 19.6 Å². The summed E-state index contributed by atoms with van der Waals surface area (Å²) in [4.78, 5) is 3.79. The third-order valence-corrected chi connectivity index (χ3v) is 3.55. The number of hydrogen-bond donors (Lipinski definition) is 1. The average Bonchev–Trinajstić information content (AvgIpc) is 1.81. The van der Waals surface area contributed by atoms with Gasteiger partial charge in [0.15, 0.2) is 0 Å². The zero-order chi connectivity index (χ0) is 10.5. The number of hydrogen-bond acceptors (Lipinski definition) is 1. The number of rotatable bonds is 6. The zero-order valence-electron chi connectivity index (χ0n) is 10.3. The fraction of sp³-hybridized carbons (Fsp3) is 1.00. The van der Waals surface area contributed by atoms with Crippen LogP contribution in [-0.4, -0.2) is 13.8 Å². The first-order chi connectivity index (χ1) is 5.77. The molecule has 80 valence electrons. The van der Waals surface area contributed by atoms with E-state index in [4.69, 9.17) is 0 Å². The summed E-state index contributed by atoms with van der Waals surface area (Å²) in [6, 6.07) is 0. The molecule has 0 saturated heterocycles. The van der Waals surface area contributed by atoms with E-state index in [2.05, 4.69) is 45.4 Å². The van der Waals surface area contributed by atoms with E-state index in [-0.39, 0.29) is 0 Å². The van der Waals surface area contributed by atoms with Gasteiger partial charge < -0.3 is 4.98 Å². The second-order valence-electron chi connectivity index (χ2n) is 5.72. The van der Waals surface area contributed by atoms with Gasteiger partial charge in [0, 0.05) is 5.54 Å². The minimum Gasteiger partial charge on any atom is -0.333 e. The zero-order valence-corrected chi connectivity index (χ0v) is 11.3. The Hall–Kier alpha value is 0.177. The van der Waals surface area contributed by atoms with Crippen LogP contribution >= 0.6 is 0 Å². The highest BCUT2D eigenvalue weighted by atomic mass is 28.3. The average molecular weight is 201 g/mol. The summed E-state index contributed by atoms with van der Waals surface area (Å²) < 4.78 is 0. The Bertz CT molecular complexity index is 136. The third-order valence-electron chi connectivity index (χ3n) is 2.12. The molecule has 0 bridgehead atoms. The van der Waals surface area contributed by atoms with Crippen LogP contribution in [0.5, 0.6) is 0 Å². The molecule has 0 amide bonds. The van der Waals surface area contributed by atoms with Gasteiger partial charge in [0.1, 0.15) is 8.24 Å². The SMILES string of the molecule is CCCCCC(C)(C)N[Si](C)(C)C. The van der Waals surface area contributed by atoms with Gasteiger partial charge in [0.25, 0.3) is 0 Å². The van der Waals surface area contributed by atoms with Gasteiger partial charge in [0.05, 0.1) is 0 Å². The molecule has 0 aliphatic rings. The molecule has 0 aliphatic heterocycles. The summed E-state index contributed by atoms with van der Waals surface area (Å²) in [6.45, 7) is 14.0. The first-order valence-electron chi connectivity index (χ1n) is 5.56. The Kier molecular flexibility index (Phi) is 5.23. The van der Waals surface area contributed by atoms with Crippen molar-refractivity contribution in [2.24, 2.45) is 0 Å². The monoisotopic (exact) mass is 201 g/mol. The molecule has 0 aromatic rings. The highest BCUT2D eigenvalue weighted by molar-refractivity contribution is 6.73. The van der Waals surface area contributed by atoms with Gasteiger partial charge in [-0.25, -0.2) is 0 Å². The number of unbranched alkanes of at least 4 members (excludes halogenated alkanes) is 2. The van der Waals surface area contributed by atoms with Gasteiger partial charge in [-0.05, 0) is 20.3 Å². The third kappa shape index (κ3) is 8.51. The van der Waals surface area contributed by atoms with Crippen molar-refractivity contribution in [1.29, 1.82) is 0 Å². The lowest BCUT2D eigenvalue weighted by atomic mass is 9.98. The largest absolute Gasteiger partial charge is 0.333 e. The first-order valence-corrected chi connectivity index (χ1v) is 9.06. The standard InChI is InChI=1S/C11H27NSi/c1-7-8-9-10-11(2,3)12-13(4,5)6/h12H,7-10H2,1-6H3. The molecule has 13 heavy (non-hydrogen) atoms. The minimum atomic E-state index is -1.10. The van der Waals surface area contributed by atoms with Crippen molar-refractivity contribution in [2.75, 3.05) is 0 Å². The predicted molar refractivity (Wildman–Crippen MR) is 64.7 cm³/mol. The summed E-state index contributed by atoms with van der Waals surface area (Å²) in [5, 5.41) is 0. The van der Waals surface area contributed by atoms with E-state index >= 15 is 0 Å². The van der Waals surface area contributed by atoms with Crippen LogP contribution in [0, 0.1) is 0 Å². The van der Waals surface area contributed by atoms with Gasteiger partial charge in [0.2, 0.25) is 0 Å². The van der Waals surface area contributed by atoms with E-state index in [1.165, 1.54) is 25.7 Å². The summed E-state index contributed by atoms with van der Waals surface area (Å²) in [5.41, 5.74) is 0.347. The molecule has 0 rings (SSSR count). The highest BCUT2D eigenvalue weighted by Gasteiger charge is 2.24. The molecule has 0 fully saturated rings. The van der Waals surface area contributed by atoms with E-state index in [1.54, 1.807) is 0 Å². The second-order valence-corrected chi connectivity index (χ2v) is 10.5. The molecule has 0 radical (unpaired) electrons. The lowest BCUT2D eigenvalue weighted by molar-refractivity contribution is 0.406. The van der Waals surface area contributed by atoms with E-state index < -0.39 is 8.24 Å². The molecule has 0 aliphatic carbocycles. The van der Waals surface area contributed by atoms with Gasteiger partial charge >= 0.3 is 0 Å². The maximum absolute atomic E-state index is 3.79. The van der Waals surface area contributed by atoms with E-state index in [0.29, 0.717) is 5.54 Å². The Balaban J connectivity index is 3.80. The molecule has 0 aromatic carbocycles. The quantitative estimate of drug-likeness (QED) is 0.509. The lowest BCUT2D eigenvalue weighted by Crippen LogP contribution is -2.53. The molecule has 0 aromatic heterocycles. The highest BCUT2D eigenvalue weighted by Crippen LogP contribution is 2.16. The van der Waals surface area contributed by atoms with Crippen LogP contribution in [0.1, 0.15) is 46.5 Å². The Labute approximate surface area is 85.4 Å². The van der Waals surface area contributed by atoms with Crippen LogP contribution in [0.15, 0.2) is 0 Å². The molecular formula is C11H27NSi. The topological polar surface area (TPSA) is 12.0 Å². The van der Waals surface area contributed by atoms with Gasteiger partial charge in [-0.15, -0.1) is 0 Å². The van der Waals surface area contributed by atoms with Crippen molar-refractivity contribution in [3.05, 3.63) is 0 Å². The van der Waals surface area contributed by atoms with Crippen molar-refractivity contribution < 1.29 is 0 Å². The van der Waals surface area contributed by atoms with Crippen LogP contribution < -0.4 is 4.98 Å². The number of nitrogens with one attached hydrogen (secondary N) is 1. The summed E-state index contributed by atoms with van der Waals surface area (Å²) >= 11 is 0. The maximum atomic E-state index is 3.79. The van der Waals surface area contributed by atoms with E-state index in [1.807, 2.05) is 0 Å². The molecule has 0 saturated carbocycles. The fourth-order valence-electron chi connectivity index (χ4n) is 1.89. The summed E-state index contributed by atoms with van der Waals surface area (Å²) in [6.07, 6.45) is 5.37. The molecular weight excluding hydrogens is 174 g/mol. The van der Waals surface area contributed by atoms with Gasteiger partial charge in [-0.2, -0.15) is 0 Å². The van der Waals surface area contributed by atoms with Gasteiger partial charge in [-0.3, -0.25) is 0 Å². The van der Waals surface area contributed by atoms with Crippen molar-refractivity contribution in [3.63, 3.8) is 0 Å². The van der Waals surface area contributed by atoms with Crippen molar-refractivity contribution >= 4 is 8.24 Å².